The van der Waals surface area contributed by atoms with Crippen molar-refractivity contribution in [2.45, 2.75) is 73.3 Å². The van der Waals surface area contributed by atoms with Gasteiger partial charge in [0.2, 0.25) is 0 Å². The molecule has 2 rings (SSSR count). The predicted octanol–water partition coefficient (Wildman–Crippen LogP) is 4.26. The monoisotopic (exact) mass is 294 g/mol. The smallest absolute Gasteiger partial charge is 0.0125 e. The van der Waals surface area contributed by atoms with Crippen molar-refractivity contribution in [1.82, 2.24) is 9.80 Å². The minimum Gasteiger partial charge on any atom is -0.303 e. The first-order valence-electron chi connectivity index (χ1n) is 8.99. The summed E-state index contributed by atoms with van der Waals surface area (Å²) in [4.78, 5) is 5.41. The summed E-state index contributed by atoms with van der Waals surface area (Å²) >= 11 is 0. The van der Waals surface area contributed by atoms with Crippen LogP contribution in [-0.4, -0.2) is 48.1 Å². The first-order chi connectivity index (χ1) is 9.51. The second kappa shape index (κ2) is 5.85. The van der Waals surface area contributed by atoms with Gasteiger partial charge in [-0.05, 0) is 76.4 Å². The Morgan fingerprint density at radius 2 is 1.52 bits per heavy atom. The Morgan fingerprint density at radius 3 is 1.95 bits per heavy atom. The summed E-state index contributed by atoms with van der Waals surface area (Å²) in [5, 5.41) is 0. The molecule has 0 saturated carbocycles. The summed E-state index contributed by atoms with van der Waals surface area (Å²) in [5.41, 5.74) is 1.31. The average Bonchev–Trinajstić information content (AvgIpc) is 2.79. The van der Waals surface area contributed by atoms with Crippen molar-refractivity contribution in [2.24, 2.45) is 16.7 Å². The molecule has 21 heavy (non-hydrogen) atoms. The van der Waals surface area contributed by atoms with Gasteiger partial charge in [-0.15, -0.1) is 0 Å². The zero-order valence-electron chi connectivity index (χ0n) is 15.6. The molecule has 2 fully saturated rings. The summed E-state index contributed by atoms with van der Waals surface area (Å²) < 4.78 is 0. The van der Waals surface area contributed by atoms with Gasteiger partial charge in [0.25, 0.3) is 0 Å². The van der Waals surface area contributed by atoms with E-state index in [1.807, 2.05) is 0 Å². The van der Waals surface area contributed by atoms with Gasteiger partial charge in [-0.1, -0.05) is 27.7 Å². The van der Waals surface area contributed by atoms with E-state index in [1.54, 1.807) is 0 Å². The molecule has 0 amide bonds. The third-order valence-electron chi connectivity index (χ3n) is 6.52. The first kappa shape index (κ1) is 17.3. The van der Waals surface area contributed by atoms with Gasteiger partial charge in [0.15, 0.2) is 0 Å². The Bertz CT molecular complexity index is 340. The minimum absolute atomic E-state index is 0.349. The highest BCUT2D eigenvalue weighted by atomic mass is 15.2. The van der Waals surface area contributed by atoms with E-state index in [0.717, 1.165) is 5.92 Å². The van der Waals surface area contributed by atoms with Crippen LogP contribution in [0.15, 0.2) is 0 Å². The number of hydrogen-bond donors (Lipinski definition) is 0. The van der Waals surface area contributed by atoms with Gasteiger partial charge in [-0.2, -0.15) is 0 Å². The predicted molar refractivity (Wildman–Crippen MR) is 92.7 cm³/mol. The lowest BCUT2D eigenvalue weighted by molar-refractivity contribution is 0.0173. The van der Waals surface area contributed by atoms with Crippen molar-refractivity contribution in [1.29, 1.82) is 0 Å². The first-order valence-corrected chi connectivity index (χ1v) is 8.99. The quantitative estimate of drug-likeness (QED) is 0.751. The summed E-state index contributed by atoms with van der Waals surface area (Å²) in [6, 6.07) is 0. The Kier molecular flexibility index (Phi) is 4.81. The van der Waals surface area contributed by atoms with Crippen LogP contribution in [0.3, 0.4) is 0 Å². The largest absolute Gasteiger partial charge is 0.303 e. The second-order valence-corrected chi connectivity index (χ2v) is 9.88. The van der Waals surface area contributed by atoms with E-state index in [9.17, 15) is 0 Å². The molecule has 2 heterocycles. The Labute approximate surface area is 133 Å². The third-order valence-corrected chi connectivity index (χ3v) is 6.52. The van der Waals surface area contributed by atoms with Gasteiger partial charge in [0.05, 0.1) is 0 Å². The number of piperidine rings is 1. The van der Waals surface area contributed by atoms with E-state index in [2.05, 4.69) is 58.3 Å². The lowest BCUT2D eigenvalue weighted by atomic mass is 9.63. The van der Waals surface area contributed by atoms with E-state index in [-0.39, 0.29) is 0 Å². The topological polar surface area (TPSA) is 6.48 Å². The molecule has 0 aromatic rings. The number of hydrogen-bond acceptors (Lipinski definition) is 2. The fourth-order valence-corrected chi connectivity index (χ4v) is 3.94. The standard InChI is InChI=1S/C19H38N2/c1-17(2,3)19(7)9-12-20(13-10-19)14-16-8-11-21(15-16)18(4,5)6/h16H,8-15H2,1-7H3. The van der Waals surface area contributed by atoms with Crippen molar-refractivity contribution < 1.29 is 0 Å². The van der Waals surface area contributed by atoms with Crippen LogP contribution in [0.25, 0.3) is 0 Å². The van der Waals surface area contributed by atoms with E-state index in [4.69, 9.17) is 0 Å². The van der Waals surface area contributed by atoms with E-state index in [1.165, 1.54) is 52.0 Å². The molecular formula is C19H38N2. The zero-order chi connectivity index (χ0) is 15.9. The van der Waals surface area contributed by atoms with Crippen LogP contribution >= 0.6 is 0 Å². The Balaban J connectivity index is 1.80. The molecule has 2 saturated heterocycles. The minimum atomic E-state index is 0.349. The van der Waals surface area contributed by atoms with E-state index >= 15 is 0 Å². The molecule has 0 aromatic carbocycles. The molecule has 2 aliphatic heterocycles. The van der Waals surface area contributed by atoms with Crippen LogP contribution < -0.4 is 0 Å². The van der Waals surface area contributed by atoms with E-state index < -0.39 is 0 Å². The maximum Gasteiger partial charge on any atom is 0.0125 e. The van der Waals surface area contributed by atoms with Gasteiger partial charge in [-0.3, -0.25) is 4.90 Å². The van der Waals surface area contributed by atoms with Crippen LogP contribution in [0.2, 0.25) is 0 Å². The van der Waals surface area contributed by atoms with Crippen LogP contribution in [0.4, 0.5) is 0 Å². The third kappa shape index (κ3) is 4.01. The van der Waals surface area contributed by atoms with Crippen molar-refractivity contribution in [3.8, 4) is 0 Å². The molecule has 2 aliphatic rings. The van der Waals surface area contributed by atoms with Crippen molar-refractivity contribution in [3.05, 3.63) is 0 Å². The Morgan fingerprint density at radius 1 is 0.952 bits per heavy atom. The fourth-order valence-electron chi connectivity index (χ4n) is 3.94. The van der Waals surface area contributed by atoms with Crippen LogP contribution in [0, 0.1) is 16.7 Å². The summed E-state index contributed by atoms with van der Waals surface area (Å²) in [6.07, 6.45) is 4.13. The van der Waals surface area contributed by atoms with E-state index in [0.29, 0.717) is 16.4 Å². The van der Waals surface area contributed by atoms with Gasteiger partial charge in [0.1, 0.15) is 0 Å². The summed E-state index contributed by atoms with van der Waals surface area (Å²) in [5.74, 6) is 0.892. The molecule has 2 nitrogen and oxygen atoms in total. The van der Waals surface area contributed by atoms with Crippen LogP contribution in [0.1, 0.15) is 67.7 Å². The van der Waals surface area contributed by atoms with Gasteiger partial charge < -0.3 is 4.90 Å². The van der Waals surface area contributed by atoms with Gasteiger partial charge in [-0.25, -0.2) is 0 Å². The maximum absolute atomic E-state index is 2.74. The lowest BCUT2D eigenvalue weighted by Gasteiger charge is -2.48. The molecule has 1 atom stereocenters. The molecule has 0 aromatic heterocycles. The number of likely N-dealkylation sites (tertiary alicyclic amines) is 2. The van der Waals surface area contributed by atoms with Crippen molar-refractivity contribution in [3.63, 3.8) is 0 Å². The summed E-state index contributed by atoms with van der Waals surface area (Å²) in [6.45, 7) is 23.3. The highest BCUT2D eigenvalue weighted by Gasteiger charge is 2.40. The molecule has 1 unspecified atom stereocenters. The van der Waals surface area contributed by atoms with Gasteiger partial charge in [0, 0.05) is 18.6 Å². The summed E-state index contributed by atoms with van der Waals surface area (Å²) in [7, 11) is 0. The average molecular weight is 295 g/mol. The highest BCUT2D eigenvalue weighted by Crippen LogP contribution is 2.46. The molecule has 2 heteroatoms. The highest BCUT2D eigenvalue weighted by molar-refractivity contribution is 4.92. The number of nitrogens with zero attached hydrogens (tertiary/aromatic N) is 2. The van der Waals surface area contributed by atoms with Crippen molar-refractivity contribution in [2.75, 3.05) is 32.7 Å². The fraction of sp³-hybridized carbons (Fsp3) is 1.00. The molecule has 0 N–H and O–H groups in total. The van der Waals surface area contributed by atoms with Crippen LogP contribution in [0.5, 0.6) is 0 Å². The molecule has 0 spiro atoms. The normalized spacial score (nSPS) is 29.0. The zero-order valence-corrected chi connectivity index (χ0v) is 15.6. The molecule has 0 aliphatic carbocycles. The maximum atomic E-state index is 2.74. The van der Waals surface area contributed by atoms with Crippen molar-refractivity contribution >= 4 is 0 Å². The molecular weight excluding hydrogens is 256 g/mol. The molecule has 0 radical (unpaired) electrons. The second-order valence-electron chi connectivity index (χ2n) is 9.88. The van der Waals surface area contributed by atoms with Crippen LogP contribution in [-0.2, 0) is 0 Å². The van der Waals surface area contributed by atoms with Gasteiger partial charge >= 0.3 is 0 Å². The number of rotatable bonds is 2. The lowest BCUT2D eigenvalue weighted by Crippen LogP contribution is -2.46. The molecule has 0 bridgehead atoms. The Hall–Kier alpha value is -0.0800. The SMILES string of the molecule is CC(C)(C)N1CCC(CN2CCC(C)(C(C)(C)C)CC2)C1. The molecule has 124 valence electrons.